The number of hydrogen-bond acceptors (Lipinski definition) is 3. The SMILES string of the molecule is CC1=CONN1C1CC1. The van der Waals surface area contributed by atoms with Crippen molar-refractivity contribution in [2.24, 2.45) is 0 Å². The van der Waals surface area contributed by atoms with Crippen molar-refractivity contribution in [2.75, 3.05) is 0 Å². The van der Waals surface area contributed by atoms with Gasteiger partial charge in [0.15, 0.2) is 0 Å². The van der Waals surface area contributed by atoms with Gasteiger partial charge in [-0.3, -0.25) is 5.01 Å². The average molecular weight is 126 g/mol. The van der Waals surface area contributed by atoms with Crippen LogP contribution in [0.25, 0.3) is 0 Å². The third-order valence-electron chi connectivity index (χ3n) is 1.67. The topological polar surface area (TPSA) is 24.5 Å². The van der Waals surface area contributed by atoms with Crippen LogP contribution in [0.2, 0.25) is 0 Å². The lowest BCUT2D eigenvalue weighted by molar-refractivity contribution is 0.0266. The summed E-state index contributed by atoms with van der Waals surface area (Å²) in [5.74, 6) is 0. The average Bonchev–Trinajstić information content (AvgIpc) is 2.58. The van der Waals surface area contributed by atoms with Crippen molar-refractivity contribution in [3.05, 3.63) is 12.0 Å². The van der Waals surface area contributed by atoms with Crippen molar-refractivity contribution < 1.29 is 4.84 Å². The van der Waals surface area contributed by atoms with Crippen molar-refractivity contribution >= 4 is 0 Å². The third kappa shape index (κ3) is 0.772. The molecule has 0 aromatic rings. The first-order valence-electron chi connectivity index (χ1n) is 3.25. The van der Waals surface area contributed by atoms with Gasteiger partial charge in [-0.1, -0.05) is 5.59 Å². The van der Waals surface area contributed by atoms with Gasteiger partial charge in [0, 0.05) is 6.04 Å². The lowest BCUT2D eigenvalue weighted by Crippen LogP contribution is -2.32. The monoisotopic (exact) mass is 126 g/mol. The van der Waals surface area contributed by atoms with E-state index in [4.69, 9.17) is 4.84 Å². The van der Waals surface area contributed by atoms with Crippen molar-refractivity contribution in [1.29, 1.82) is 0 Å². The molecule has 0 bridgehead atoms. The molecule has 0 amide bonds. The summed E-state index contributed by atoms with van der Waals surface area (Å²) in [6, 6.07) is 0.698. The Morgan fingerprint density at radius 2 is 2.56 bits per heavy atom. The highest BCUT2D eigenvalue weighted by Crippen LogP contribution is 2.29. The predicted molar refractivity (Wildman–Crippen MR) is 32.8 cm³/mol. The molecular formula is C6H10N2O. The molecule has 0 spiro atoms. The van der Waals surface area contributed by atoms with E-state index < -0.39 is 0 Å². The Hall–Kier alpha value is -0.700. The summed E-state index contributed by atoms with van der Waals surface area (Å²) in [6.07, 6.45) is 4.32. The Morgan fingerprint density at radius 1 is 1.78 bits per heavy atom. The van der Waals surface area contributed by atoms with E-state index in [1.807, 2.05) is 6.92 Å². The Kier molecular flexibility index (Phi) is 0.931. The van der Waals surface area contributed by atoms with E-state index >= 15 is 0 Å². The quantitative estimate of drug-likeness (QED) is 0.561. The predicted octanol–water partition coefficient (Wildman–Crippen LogP) is 0.762. The van der Waals surface area contributed by atoms with E-state index in [-0.39, 0.29) is 0 Å². The molecule has 1 heterocycles. The zero-order chi connectivity index (χ0) is 6.27. The largest absolute Gasteiger partial charge is 0.395 e. The fourth-order valence-electron chi connectivity index (χ4n) is 0.992. The van der Waals surface area contributed by atoms with Gasteiger partial charge in [0.1, 0.15) is 6.26 Å². The molecule has 3 heteroatoms. The molecule has 1 saturated carbocycles. The molecule has 1 aliphatic heterocycles. The second-order valence-corrected chi connectivity index (χ2v) is 2.57. The molecule has 1 aliphatic carbocycles. The molecule has 2 rings (SSSR count). The summed E-state index contributed by atoms with van der Waals surface area (Å²) in [6.45, 7) is 2.04. The second kappa shape index (κ2) is 1.64. The highest BCUT2D eigenvalue weighted by atomic mass is 16.7. The first-order chi connectivity index (χ1) is 4.38. The van der Waals surface area contributed by atoms with E-state index in [1.165, 1.54) is 18.5 Å². The minimum absolute atomic E-state index is 0.698. The molecule has 1 N–H and O–H groups in total. The summed E-state index contributed by atoms with van der Waals surface area (Å²) >= 11 is 0. The first kappa shape index (κ1) is 5.11. The highest BCUT2D eigenvalue weighted by Gasteiger charge is 2.31. The Balaban J connectivity index is 2.03. The van der Waals surface area contributed by atoms with Crippen LogP contribution in [0.15, 0.2) is 12.0 Å². The zero-order valence-electron chi connectivity index (χ0n) is 5.42. The minimum atomic E-state index is 0.698. The van der Waals surface area contributed by atoms with Crippen LogP contribution in [-0.4, -0.2) is 11.1 Å². The highest BCUT2D eigenvalue weighted by molar-refractivity contribution is 5.00. The maximum atomic E-state index is 4.88. The van der Waals surface area contributed by atoms with Gasteiger partial charge in [0.05, 0.1) is 5.70 Å². The van der Waals surface area contributed by atoms with Gasteiger partial charge in [0.2, 0.25) is 0 Å². The summed E-state index contributed by atoms with van der Waals surface area (Å²) < 4.78 is 0. The first-order valence-corrected chi connectivity index (χ1v) is 3.25. The van der Waals surface area contributed by atoms with Crippen LogP contribution in [0, 0.1) is 0 Å². The fraction of sp³-hybridized carbons (Fsp3) is 0.667. The van der Waals surface area contributed by atoms with Crippen LogP contribution in [0.3, 0.4) is 0 Å². The van der Waals surface area contributed by atoms with E-state index in [0.717, 1.165) is 0 Å². The van der Waals surface area contributed by atoms with Gasteiger partial charge in [0.25, 0.3) is 0 Å². The molecule has 3 nitrogen and oxygen atoms in total. The van der Waals surface area contributed by atoms with Crippen LogP contribution in [0.5, 0.6) is 0 Å². The van der Waals surface area contributed by atoms with Crippen molar-refractivity contribution in [1.82, 2.24) is 10.6 Å². The van der Waals surface area contributed by atoms with Crippen LogP contribution >= 0.6 is 0 Å². The van der Waals surface area contributed by atoms with Crippen molar-refractivity contribution in [3.63, 3.8) is 0 Å². The van der Waals surface area contributed by atoms with Gasteiger partial charge in [-0.25, -0.2) is 0 Å². The van der Waals surface area contributed by atoms with Crippen molar-refractivity contribution in [2.45, 2.75) is 25.8 Å². The van der Waals surface area contributed by atoms with Crippen LogP contribution in [-0.2, 0) is 4.84 Å². The number of hydrogen-bond donors (Lipinski definition) is 1. The van der Waals surface area contributed by atoms with Crippen LogP contribution in [0.4, 0.5) is 0 Å². The summed E-state index contributed by atoms with van der Waals surface area (Å²) in [5.41, 5.74) is 3.99. The van der Waals surface area contributed by atoms with E-state index in [1.54, 1.807) is 6.26 Å². The van der Waals surface area contributed by atoms with Crippen LogP contribution in [0.1, 0.15) is 19.8 Å². The molecular weight excluding hydrogens is 116 g/mol. The smallest absolute Gasteiger partial charge is 0.134 e. The summed E-state index contributed by atoms with van der Waals surface area (Å²) in [5, 5.41) is 2.07. The van der Waals surface area contributed by atoms with Gasteiger partial charge >= 0.3 is 0 Å². The molecule has 9 heavy (non-hydrogen) atoms. The molecule has 2 aliphatic rings. The molecule has 0 aromatic heterocycles. The molecule has 0 atom stereocenters. The number of hydrazine groups is 1. The normalized spacial score (nSPS) is 25.9. The fourth-order valence-corrected chi connectivity index (χ4v) is 0.992. The Morgan fingerprint density at radius 3 is 3.00 bits per heavy atom. The maximum Gasteiger partial charge on any atom is 0.134 e. The van der Waals surface area contributed by atoms with Gasteiger partial charge in [-0.2, -0.15) is 0 Å². The van der Waals surface area contributed by atoms with E-state index in [2.05, 4.69) is 10.6 Å². The van der Waals surface area contributed by atoms with E-state index in [0.29, 0.717) is 6.04 Å². The molecule has 50 valence electrons. The zero-order valence-corrected chi connectivity index (χ0v) is 5.42. The van der Waals surface area contributed by atoms with Gasteiger partial charge in [-0.15, -0.1) is 0 Å². The lowest BCUT2D eigenvalue weighted by Gasteiger charge is -2.15. The van der Waals surface area contributed by atoms with Gasteiger partial charge < -0.3 is 4.84 Å². The molecule has 0 aromatic carbocycles. The number of nitrogens with one attached hydrogen (secondary N) is 1. The van der Waals surface area contributed by atoms with Crippen molar-refractivity contribution in [3.8, 4) is 0 Å². The summed E-state index contributed by atoms with van der Waals surface area (Å²) in [4.78, 5) is 4.88. The molecule has 0 radical (unpaired) electrons. The maximum absolute atomic E-state index is 4.88. The Bertz CT molecular complexity index is 151. The standard InChI is InChI=1S/C6H10N2O/c1-5-4-9-7-8(5)6-2-3-6/h4,6-7H,2-3H2,1H3. The molecule has 1 fully saturated rings. The number of rotatable bonds is 1. The number of nitrogens with zero attached hydrogens (tertiary/aromatic N) is 1. The molecule has 0 saturated heterocycles. The van der Waals surface area contributed by atoms with Crippen LogP contribution < -0.4 is 5.59 Å². The summed E-state index contributed by atoms with van der Waals surface area (Å²) in [7, 11) is 0. The lowest BCUT2D eigenvalue weighted by atomic mass is 10.5. The third-order valence-corrected chi connectivity index (χ3v) is 1.67. The Labute approximate surface area is 54.2 Å². The van der Waals surface area contributed by atoms with Gasteiger partial charge in [-0.05, 0) is 19.8 Å². The minimum Gasteiger partial charge on any atom is -0.395 e. The van der Waals surface area contributed by atoms with E-state index in [9.17, 15) is 0 Å². The molecule has 0 unspecified atom stereocenters. The second-order valence-electron chi connectivity index (χ2n) is 2.57. The number of allylic oxidation sites excluding steroid dienone is 1.